The number of rotatable bonds is 5. The van der Waals surface area contributed by atoms with Gasteiger partial charge in [-0.1, -0.05) is 0 Å². The predicted octanol–water partition coefficient (Wildman–Crippen LogP) is 3.00. The molecule has 0 radical (unpaired) electrons. The maximum Gasteiger partial charge on any atom is 0.252 e. The highest BCUT2D eigenvalue weighted by Crippen LogP contribution is 2.15. The highest BCUT2D eigenvalue weighted by Gasteiger charge is 2.14. The minimum atomic E-state index is -0.00673. The molecule has 0 aliphatic heterocycles. The van der Waals surface area contributed by atoms with Gasteiger partial charge in [0.1, 0.15) is 0 Å². The van der Waals surface area contributed by atoms with E-state index in [0.29, 0.717) is 12.1 Å². The van der Waals surface area contributed by atoms with Crippen LogP contribution in [0.15, 0.2) is 43.0 Å². The largest absolute Gasteiger partial charge is 0.352 e. The van der Waals surface area contributed by atoms with Gasteiger partial charge >= 0.3 is 0 Å². The summed E-state index contributed by atoms with van der Waals surface area (Å²) in [6, 6.07) is 5.87. The number of aryl methyl sites for hydroxylation is 1. The predicted molar refractivity (Wildman–Crippen MR) is 84.3 cm³/mol. The molecule has 0 bridgehead atoms. The lowest BCUT2D eigenvalue weighted by atomic mass is 10.1. The van der Waals surface area contributed by atoms with Gasteiger partial charge in [-0.3, -0.25) is 9.78 Å². The molecule has 0 aromatic carbocycles. The molecule has 1 N–H and O–H groups in total. The lowest BCUT2D eigenvalue weighted by Crippen LogP contribution is -2.25. The Kier molecular flexibility index (Phi) is 4.78. The maximum atomic E-state index is 12.1. The van der Waals surface area contributed by atoms with Crippen LogP contribution in [0, 0.1) is 0 Å². The summed E-state index contributed by atoms with van der Waals surface area (Å²) < 4.78 is 2.05. The molecule has 0 aliphatic rings. The van der Waals surface area contributed by atoms with Crippen LogP contribution in [-0.2, 0) is 12.0 Å². The summed E-state index contributed by atoms with van der Waals surface area (Å²) >= 11 is 0. The van der Waals surface area contributed by atoms with Crippen molar-refractivity contribution in [2.24, 2.45) is 0 Å². The summed E-state index contributed by atoms with van der Waals surface area (Å²) in [5.74, 6) is -0.00673. The maximum absolute atomic E-state index is 12.1. The highest BCUT2D eigenvalue weighted by atomic mass is 16.1. The van der Waals surface area contributed by atoms with Crippen molar-refractivity contribution in [3.8, 4) is 0 Å². The van der Waals surface area contributed by atoms with E-state index in [0.717, 1.165) is 12.8 Å². The number of nitrogens with one attached hydrogen (secondary N) is 1. The van der Waals surface area contributed by atoms with Crippen molar-refractivity contribution in [1.82, 2.24) is 14.9 Å². The van der Waals surface area contributed by atoms with Crippen molar-refractivity contribution in [2.45, 2.75) is 39.2 Å². The Bertz CT molecular complexity index is 582. The average Bonchev–Trinajstić information content (AvgIpc) is 2.94. The Hall–Kier alpha value is -2.10. The molecule has 112 valence electrons. The number of pyridine rings is 1. The van der Waals surface area contributed by atoms with Crippen LogP contribution in [0.5, 0.6) is 0 Å². The molecule has 0 fully saturated rings. The zero-order valence-electron chi connectivity index (χ0n) is 13.0. The Labute approximate surface area is 126 Å². The lowest BCUT2D eigenvalue weighted by Gasteiger charge is -2.20. The molecule has 2 rings (SSSR count). The average molecular weight is 285 g/mol. The molecule has 0 spiro atoms. The van der Waals surface area contributed by atoms with Crippen molar-refractivity contribution in [2.75, 3.05) is 6.54 Å². The second-order valence-corrected chi connectivity index (χ2v) is 6.19. The van der Waals surface area contributed by atoms with E-state index in [2.05, 4.69) is 35.6 Å². The third-order valence-electron chi connectivity index (χ3n) is 3.41. The van der Waals surface area contributed by atoms with Gasteiger partial charge in [0.05, 0.1) is 5.56 Å². The monoisotopic (exact) mass is 285 g/mol. The molecule has 2 aromatic rings. The molecule has 0 aliphatic carbocycles. The number of aromatic nitrogens is 2. The quantitative estimate of drug-likeness (QED) is 0.858. The summed E-state index contributed by atoms with van der Waals surface area (Å²) in [7, 11) is 0. The molecule has 0 saturated carbocycles. The summed E-state index contributed by atoms with van der Waals surface area (Å²) in [5.41, 5.74) is 1.96. The van der Waals surface area contributed by atoms with Crippen LogP contribution in [0.3, 0.4) is 0 Å². The van der Waals surface area contributed by atoms with Gasteiger partial charge in [0, 0.05) is 36.9 Å². The molecule has 2 aromatic heterocycles. The van der Waals surface area contributed by atoms with Gasteiger partial charge in [0.15, 0.2) is 0 Å². The second kappa shape index (κ2) is 6.57. The Balaban J connectivity index is 1.78. The Morgan fingerprint density at radius 3 is 2.57 bits per heavy atom. The van der Waals surface area contributed by atoms with Crippen molar-refractivity contribution in [1.29, 1.82) is 0 Å². The standard InChI is InChI=1S/C17H23N3O/c1-17(2,3)20-12-8-15(13-20)16(21)19-9-4-5-14-6-10-18-11-7-14/h6-8,10-13H,4-5,9H2,1-3H3,(H,19,21). The zero-order valence-corrected chi connectivity index (χ0v) is 13.0. The van der Waals surface area contributed by atoms with Gasteiger partial charge < -0.3 is 9.88 Å². The number of carbonyl (C=O) groups is 1. The minimum absolute atomic E-state index is 0.000124. The van der Waals surface area contributed by atoms with Gasteiger partial charge in [-0.25, -0.2) is 0 Å². The van der Waals surface area contributed by atoms with Crippen molar-refractivity contribution < 1.29 is 4.79 Å². The van der Waals surface area contributed by atoms with Crippen LogP contribution in [0.25, 0.3) is 0 Å². The number of carbonyl (C=O) groups excluding carboxylic acids is 1. The Morgan fingerprint density at radius 1 is 1.24 bits per heavy atom. The van der Waals surface area contributed by atoms with E-state index in [1.54, 1.807) is 12.4 Å². The summed E-state index contributed by atoms with van der Waals surface area (Å²) in [5, 5.41) is 2.97. The molecule has 4 heteroatoms. The van der Waals surface area contributed by atoms with E-state index in [4.69, 9.17) is 0 Å². The normalized spacial score (nSPS) is 11.4. The van der Waals surface area contributed by atoms with Gasteiger partial charge in [-0.2, -0.15) is 0 Å². The summed E-state index contributed by atoms with van der Waals surface area (Å²) in [6.07, 6.45) is 9.32. The molecule has 21 heavy (non-hydrogen) atoms. The van der Waals surface area contributed by atoms with E-state index in [-0.39, 0.29) is 11.4 Å². The third-order valence-corrected chi connectivity index (χ3v) is 3.41. The fraction of sp³-hybridized carbons (Fsp3) is 0.412. The van der Waals surface area contributed by atoms with E-state index in [9.17, 15) is 4.79 Å². The third kappa shape index (κ3) is 4.45. The first-order valence-electron chi connectivity index (χ1n) is 7.32. The molecule has 2 heterocycles. The van der Waals surface area contributed by atoms with Crippen LogP contribution >= 0.6 is 0 Å². The van der Waals surface area contributed by atoms with Crippen LogP contribution < -0.4 is 5.32 Å². The summed E-state index contributed by atoms with van der Waals surface area (Å²) in [6.45, 7) is 7.03. The molecule has 4 nitrogen and oxygen atoms in total. The molecular formula is C17H23N3O. The SMILES string of the molecule is CC(C)(C)n1ccc(C(=O)NCCCc2ccncc2)c1. The van der Waals surface area contributed by atoms with E-state index in [1.807, 2.05) is 30.6 Å². The molecule has 0 atom stereocenters. The number of amides is 1. The molecule has 0 saturated heterocycles. The van der Waals surface area contributed by atoms with Gasteiger partial charge in [0.25, 0.3) is 5.91 Å². The lowest BCUT2D eigenvalue weighted by molar-refractivity contribution is 0.0953. The second-order valence-electron chi connectivity index (χ2n) is 6.19. The Morgan fingerprint density at radius 2 is 1.95 bits per heavy atom. The van der Waals surface area contributed by atoms with Crippen molar-refractivity contribution in [3.63, 3.8) is 0 Å². The van der Waals surface area contributed by atoms with Crippen LogP contribution in [0.2, 0.25) is 0 Å². The number of hydrogen-bond donors (Lipinski definition) is 1. The van der Waals surface area contributed by atoms with Crippen molar-refractivity contribution in [3.05, 3.63) is 54.1 Å². The number of nitrogens with zero attached hydrogens (tertiary/aromatic N) is 2. The van der Waals surface area contributed by atoms with Gasteiger partial charge in [0.2, 0.25) is 0 Å². The van der Waals surface area contributed by atoms with Crippen LogP contribution in [0.1, 0.15) is 43.1 Å². The first kappa shape index (κ1) is 15.3. The van der Waals surface area contributed by atoms with E-state index >= 15 is 0 Å². The van der Waals surface area contributed by atoms with E-state index in [1.165, 1.54) is 5.56 Å². The zero-order chi connectivity index (χ0) is 15.3. The van der Waals surface area contributed by atoms with Crippen molar-refractivity contribution >= 4 is 5.91 Å². The highest BCUT2D eigenvalue weighted by molar-refractivity contribution is 5.94. The fourth-order valence-electron chi connectivity index (χ4n) is 2.09. The van der Waals surface area contributed by atoms with Gasteiger partial charge in [-0.15, -0.1) is 0 Å². The number of hydrogen-bond acceptors (Lipinski definition) is 2. The molecule has 0 unspecified atom stereocenters. The van der Waals surface area contributed by atoms with Gasteiger partial charge in [-0.05, 0) is 57.4 Å². The first-order chi connectivity index (χ1) is 9.97. The minimum Gasteiger partial charge on any atom is -0.352 e. The smallest absolute Gasteiger partial charge is 0.252 e. The topological polar surface area (TPSA) is 46.9 Å². The molecule has 1 amide bonds. The first-order valence-corrected chi connectivity index (χ1v) is 7.32. The van der Waals surface area contributed by atoms with E-state index < -0.39 is 0 Å². The van der Waals surface area contributed by atoms with Crippen LogP contribution in [0.4, 0.5) is 0 Å². The molecular weight excluding hydrogens is 262 g/mol. The van der Waals surface area contributed by atoms with Crippen LogP contribution in [-0.4, -0.2) is 22.0 Å². The summed E-state index contributed by atoms with van der Waals surface area (Å²) in [4.78, 5) is 16.1. The fourth-order valence-corrected chi connectivity index (χ4v) is 2.09.